The molecule has 0 radical (unpaired) electrons. The van der Waals surface area contributed by atoms with Crippen LogP contribution < -0.4 is 5.69 Å². The van der Waals surface area contributed by atoms with Crippen LogP contribution in [0.25, 0.3) is 22.1 Å². The van der Waals surface area contributed by atoms with Crippen LogP contribution in [0.5, 0.6) is 0 Å². The molecule has 3 aromatic heterocycles. The summed E-state index contributed by atoms with van der Waals surface area (Å²) >= 11 is 6.25. The topological polar surface area (TPSA) is 95.0 Å². The molecule has 0 aliphatic heterocycles. The van der Waals surface area contributed by atoms with Gasteiger partial charge in [0.05, 0.1) is 40.1 Å². The summed E-state index contributed by atoms with van der Waals surface area (Å²) in [5.41, 5.74) is 3.88. The van der Waals surface area contributed by atoms with Crippen molar-refractivity contribution in [2.24, 2.45) is 0 Å². The first-order valence-corrected chi connectivity index (χ1v) is 14.5. The van der Waals surface area contributed by atoms with Gasteiger partial charge in [-0.2, -0.15) is 0 Å². The highest BCUT2D eigenvalue weighted by atomic mass is 35.5. The van der Waals surface area contributed by atoms with E-state index < -0.39 is 10.0 Å². The van der Waals surface area contributed by atoms with Crippen molar-refractivity contribution in [1.29, 1.82) is 0 Å². The van der Waals surface area contributed by atoms with Gasteiger partial charge in [0, 0.05) is 36.6 Å². The van der Waals surface area contributed by atoms with Crippen molar-refractivity contribution in [1.82, 2.24) is 28.0 Å². The molecule has 0 N–H and O–H groups in total. The van der Waals surface area contributed by atoms with Crippen LogP contribution >= 0.6 is 11.6 Å². The van der Waals surface area contributed by atoms with E-state index in [1.807, 2.05) is 28.8 Å². The van der Waals surface area contributed by atoms with Crippen molar-refractivity contribution in [2.45, 2.75) is 62.9 Å². The second-order valence-electron chi connectivity index (χ2n) is 10.0. The number of aromatic nitrogens is 5. The van der Waals surface area contributed by atoms with E-state index in [1.165, 1.54) is 4.31 Å². The Kier molecular flexibility index (Phi) is 5.91. The molecule has 0 atom stereocenters. The fraction of sp³-hybridized carbons (Fsp3) is 0.423. The lowest BCUT2D eigenvalue weighted by atomic mass is 10.2. The van der Waals surface area contributed by atoms with Crippen molar-refractivity contribution in [3.8, 4) is 0 Å². The third-order valence-corrected chi connectivity index (χ3v) is 9.96. The van der Waals surface area contributed by atoms with Crippen LogP contribution in [-0.2, 0) is 23.1 Å². The zero-order chi connectivity index (χ0) is 25.9. The van der Waals surface area contributed by atoms with E-state index in [2.05, 4.69) is 16.1 Å². The summed E-state index contributed by atoms with van der Waals surface area (Å²) in [5, 5.41) is 0.324. The average molecular weight is 541 g/mol. The Balaban J connectivity index is 1.30. The first kappa shape index (κ1) is 24.2. The zero-order valence-corrected chi connectivity index (χ0v) is 22.2. The molecule has 1 aromatic carbocycles. The maximum Gasteiger partial charge on any atom is 0.329 e. The lowest BCUT2D eigenvalue weighted by Crippen LogP contribution is -2.29. The Morgan fingerprint density at radius 2 is 1.92 bits per heavy atom. The molecular formula is C26H29ClN6O3S. The quantitative estimate of drug-likeness (QED) is 0.299. The Morgan fingerprint density at radius 3 is 2.65 bits per heavy atom. The smallest absolute Gasteiger partial charge is 0.326 e. The molecule has 11 heteroatoms. The Bertz CT molecular complexity index is 1690. The van der Waals surface area contributed by atoms with E-state index in [0.717, 1.165) is 53.6 Å². The highest BCUT2D eigenvalue weighted by Gasteiger charge is 2.39. The summed E-state index contributed by atoms with van der Waals surface area (Å²) in [6, 6.07) is 7.72. The normalized spacial score (nSPS) is 16.1. The number of nitrogens with zero attached hydrogens (tertiary/aromatic N) is 6. The zero-order valence-electron chi connectivity index (χ0n) is 20.7. The highest BCUT2D eigenvalue weighted by Crippen LogP contribution is 2.36. The number of pyridine rings is 1. The Morgan fingerprint density at radius 1 is 1.14 bits per heavy atom. The minimum Gasteiger partial charge on any atom is -0.326 e. The third-order valence-electron chi connectivity index (χ3n) is 7.39. The lowest BCUT2D eigenvalue weighted by Gasteiger charge is -2.21. The molecule has 37 heavy (non-hydrogen) atoms. The molecule has 9 nitrogen and oxygen atoms in total. The van der Waals surface area contributed by atoms with Crippen LogP contribution in [0.15, 0.2) is 53.7 Å². The van der Waals surface area contributed by atoms with Gasteiger partial charge in [-0.3, -0.25) is 18.4 Å². The number of sulfonamides is 1. The maximum atomic E-state index is 13.5. The molecular weight excluding hydrogens is 512 g/mol. The molecule has 2 fully saturated rings. The molecule has 194 valence electrons. The molecule has 2 saturated carbocycles. The molecule has 0 bridgehead atoms. The standard InChI is InChI=1S/C26H29ClN6O3S/c1-17(30(2)37(35,36)20-8-9-20)4-3-13-31-22-10-5-18(27)14-21(22)29-25(31)16-32-24-15-28-12-11-23(24)33(26(32)34)19-6-7-19/h5,10-12,14-15,19-20H,1,3-4,6-9,13,16H2,2H3. The van der Waals surface area contributed by atoms with Gasteiger partial charge < -0.3 is 4.57 Å². The molecule has 3 heterocycles. The number of hydrogen-bond donors (Lipinski definition) is 0. The van der Waals surface area contributed by atoms with Gasteiger partial charge in [0.2, 0.25) is 10.0 Å². The van der Waals surface area contributed by atoms with Gasteiger partial charge in [0.15, 0.2) is 0 Å². The summed E-state index contributed by atoms with van der Waals surface area (Å²) in [4.78, 5) is 22.6. The van der Waals surface area contributed by atoms with E-state index in [4.69, 9.17) is 16.6 Å². The molecule has 2 aliphatic rings. The summed E-state index contributed by atoms with van der Waals surface area (Å²) in [5.74, 6) is 0.739. The van der Waals surface area contributed by atoms with Gasteiger partial charge in [-0.05, 0) is 62.8 Å². The van der Waals surface area contributed by atoms with Crippen LogP contribution in [0.3, 0.4) is 0 Å². The van der Waals surface area contributed by atoms with Gasteiger partial charge >= 0.3 is 5.69 Å². The first-order chi connectivity index (χ1) is 17.8. The molecule has 0 unspecified atom stereocenters. The first-order valence-electron chi connectivity index (χ1n) is 12.6. The van der Waals surface area contributed by atoms with Gasteiger partial charge in [-0.15, -0.1) is 0 Å². The van der Waals surface area contributed by atoms with Crippen LogP contribution in [0.1, 0.15) is 50.4 Å². The summed E-state index contributed by atoms with van der Waals surface area (Å²) < 4.78 is 32.2. The van der Waals surface area contributed by atoms with Crippen LogP contribution in [0.2, 0.25) is 5.02 Å². The molecule has 6 rings (SSSR count). The van der Waals surface area contributed by atoms with Crippen LogP contribution in [-0.4, -0.2) is 48.7 Å². The van der Waals surface area contributed by atoms with Gasteiger partial charge in [0.1, 0.15) is 5.82 Å². The second kappa shape index (κ2) is 9.02. The number of allylic oxidation sites excluding steroid dienone is 1. The van der Waals surface area contributed by atoms with E-state index in [1.54, 1.807) is 24.0 Å². The molecule has 0 amide bonds. The molecule has 0 spiro atoms. The van der Waals surface area contributed by atoms with Crippen molar-refractivity contribution in [2.75, 3.05) is 7.05 Å². The highest BCUT2D eigenvalue weighted by molar-refractivity contribution is 7.90. The monoisotopic (exact) mass is 540 g/mol. The van der Waals surface area contributed by atoms with Crippen LogP contribution in [0.4, 0.5) is 0 Å². The largest absolute Gasteiger partial charge is 0.329 e. The maximum absolute atomic E-state index is 13.5. The van der Waals surface area contributed by atoms with E-state index in [0.29, 0.717) is 36.7 Å². The van der Waals surface area contributed by atoms with Gasteiger partial charge in [-0.25, -0.2) is 18.2 Å². The van der Waals surface area contributed by atoms with Crippen molar-refractivity contribution >= 4 is 43.7 Å². The lowest BCUT2D eigenvalue weighted by molar-refractivity contribution is 0.500. The number of rotatable bonds is 10. The predicted molar refractivity (Wildman–Crippen MR) is 144 cm³/mol. The summed E-state index contributed by atoms with van der Waals surface area (Å²) in [6.07, 6.45) is 8.11. The van der Waals surface area contributed by atoms with Crippen LogP contribution in [0, 0.1) is 0 Å². The predicted octanol–water partition coefficient (Wildman–Crippen LogP) is 4.30. The van der Waals surface area contributed by atoms with E-state index in [9.17, 15) is 13.2 Å². The number of hydrogen-bond acceptors (Lipinski definition) is 5. The number of aryl methyl sites for hydroxylation is 1. The SMILES string of the molecule is C=C(CCCn1c(Cn2c(=O)n(C3CC3)c3ccncc32)nc2cc(Cl)ccc21)N(C)S(=O)(=O)C1CC1. The number of halogens is 1. The average Bonchev–Trinajstić information content (AvgIpc) is 3.80. The van der Waals surface area contributed by atoms with Gasteiger partial charge in [-0.1, -0.05) is 18.2 Å². The molecule has 4 aromatic rings. The number of benzene rings is 1. The minimum atomic E-state index is -3.31. The second-order valence-corrected chi connectivity index (χ2v) is 12.7. The number of imidazole rings is 2. The van der Waals surface area contributed by atoms with Crippen molar-refractivity contribution in [3.05, 3.63) is 70.3 Å². The van der Waals surface area contributed by atoms with Gasteiger partial charge in [0.25, 0.3) is 0 Å². The Hall–Kier alpha value is -3.11. The van der Waals surface area contributed by atoms with Crippen molar-refractivity contribution < 1.29 is 8.42 Å². The fourth-order valence-corrected chi connectivity index (χ4v) is 6.79. The third kappa shape index (κ3) is 4.35. The van der Waals surface area contributed by atoms with E-state index >= 15 is 0 Å². The fourth-order valence-electron chi connectivity index (χ4n) is 5.00. The molecule has 0 saturated heterocycles. The summed E-state index contributed by atoms with van der Waals surface area (Å²) in [7, 11) is -1.72. The Labute approximate surface area is 220 Å². The summed E-state index contributed by atoms with van der Waals surface area (Å²) in [6.45, 7) is 4.93. The van der Waals surface area contributed by atoms with E-state index in [-0.39, 0.29) is 17.0 Å². The minimum absolute atomic E-state index is 0.0533. The van der Waals surface area contributed by atoms with Crippen molar-refractivity contribution in [3.63, 3.8) is 0 Å². The number of fused-ring (bicyclic) bond motifs is 2. The molecule has 2 aliphatic carbocycles.